The molecular weight excluding hydrogens is 356 g/mol. The van der Waals surface area contributed by atoms with Gasteiger partial charge in [-0.25, -0.2) is 0 Å². The van der Waals surface area contributed by atoms with Gasteiger partial charge in [-0.15, -0.1) is 0 Å². The molecule has 148 valence electrons. The number of nitrogens with zero attached hydrogens (tertiary/aromatic N) is 1. The molecule has 0 fully saturated rings. The lowest BCUT2D eigenvalue weighted by Crippen LogP contribution is -2.31. The minimum atomic E-state index is -0.106. The molecule has 0 atom stereocenters. The van der Waals surface area contributed by atoms with Gasteiger partial charge >= 0.3 is 0 Å². The van der Waals surface area contributed by atoms with Gasteiger partial charge in [0.25, 0.3) is 0 Å². The van der Waals surface area contributed by atoms with Crippen molar-refractivity contribution in [1.82, 2.24) is 4.90 Å². The van der Waals surface area contributed by atoms with Crippen molar-refractivity contribution in [3.8, 4) is 11.5 Å². The second-order valence-corrected chi connectivity index (χ2v) is 7.17. The van der Waals surface area contributed by atoms with Crippen molar-refractivity contribution in [2.75, 3.05) is 18.7 Å². The van der Waals surface area contributed by atoms with Gasteiger partial charge < -0.3 is 19.7 Å². The molecule has 2 amide bonds. The molecule has 1 N–H and O–H groups in total. The smallest absolute Gasteiger partial charge is 0.231 e. The van der Waals surface area contributed by atoms with E-state index < -0.39 is 0 Å². The summed E-state index contributed by atoms with van der Waals surface area (Å²) in [5.74, 6) is 1.53. The average molecular weight is 382 g/mol. The largest absolute Gasteiger partial charge is 0.454 e. The Balaban J connectivity index is 1.59. The number of carbonyl (C=O) groups excluding carboxylic acids is 2. The van der Waals surface area contributed by atoms with E-state index in [9.17, 15) is 9.59 Å². The van der Waals surface area contributed by atoms with Gasteiger partial charge in [0, 0.05) is 32.1 Å². The summed E-state index contributed by atoms with van der Waals surface area (Å²) in [7, 11) is 0. The predicted molar refractivity (Wildman–Crippen MR) is 107 cm³/mol. The average Bonchev–Trinajstić information content (AvgIpc) is 3.13. The second kappa shape index (κ2) is 8.78. The molecule has 0 unspecified atom stereocenters. The Morgan fingerprint density at radius 1 is 1.11 bits per heavy atom. The maximum atomic E-state index is 12.4. The van der Waals surface area contributed by atoms with Crippen LogP contribution in [-0.4, -0.2) is 30.1 Å². The summed E-state index contributed by atoms with van der Waals surface area (Å²) in [4.78, 5) is 26.1. The summed E-state index contributed by atoms with van der Waals surface area (Å²) in [6.07, 6.45) is 0.233. The summed E-state index contributed by atoms with van der Waals surface area (Å²) < 4.78 is 10.7. The van der Waals surface area contributed by atoms with Crippen LogP contribution in [0.4, 0.5) is 5.69 Å². The molecule has 6 nitrogen and oxygen atoms in total. The van der Waals surface area contributed by atoms with Crippen molar-refractivity contribution in [3.05, 3.63) is 53.6 Å². The number of hydrogen-bond acceptors (Lipinski definition) is 4. The highest BCUT2D eigenvalue weighted by Crippen LogP contribution is 2.32. The van der Waals surface area contributed by atoms with E-state index >= 15 is 0 Å². The van der Waals surface area contributed by atoms with Crippen LogP contribution in [0.3, 0.4) is 0 Å². The van der Waals surface area contributed by atoms with E-state index in [2.05, 4.69) is 19.2 Å². The van der Waals surface area contributed by atoms with E-state index in [1.54, 1.807) is 4.90 Å². The Labute approximate surface area is 165 Å². The standard InChI is InChI=1S/C22H26N2O4/c1-15(2)18-6-4-5-7-19(18)23-22(26)10-11-24(16(3)25)13-17-8-9-20-21(12-17)28-14-27-20/h4-9,12,15H,10-11,13-14H2,1-3H3,(H,23,26). The predicted octanol–water partition coefficient (Wildman–Crippen LogP) is 3.92. The van der Waals surface area contributed by atoms with Crippen molar-refractivity contribution in [2.45, 2.75) is 39.7 Å². The van der Waals surface area contributed by atoms with E-state index in [1.165, 1.54) is 6.92 Å². The van der Waals surface area contributed by atoms with Crippen LogP contribution in [-0.2, 0) is 16.1 Å². The maximum absolute atomic E-state index is 12.4. The quantitative estimate of drug-likeness (QED) is 0.788. The van der Waals surface area contributed by atoms with Gasteiger partial charge in [0.05, 0.1) is 0 Å². The number of hydrogen-bond donors (Lipinski definition) is 1. The van der Waals surface area contributed by atoms with E-state index in [4.69, 9.17) is 9.47 Å². The number of carbonyl (C=O) groups is 2. The molecule has 0 aromatic heterocycles. The number of amides is 2. The molecule has 6 heteroatoms. The second-order valence-electron chi connectivity index (χ2n) is 7.17. The molecule has 0 aliphatic carbocycles. The third-order valence-corrected chi connectivity index (χ3v) is 4.72. The van der Waals surface area contributed by atoms with Gasteiger partial charge in [-0.05, 0) is 35.2 Å². The highest BCUT2D eigenvalue weighted by molar-refractivity contribution is 5.92. The molecule has 0 saturated heterocycles. The van der Waals surface area contributed by atoms with Crippen molar-refractivity contribution in [3.63, 3.8) is 0 Å². The summed E-state index contributed by atoms with van der Waals surface area (Å²) in [6, 6.07) is 13.4. The van der Waals surface area contributed by atoms with E-state index in [1.807, 2.05) is 42.5 Å². The minimum Gasteiger partial charge on any atom is -0.454 e. The number of para-hydroxylation sites is 1. The number of nitrogens with one attached hydrogen (secondary N) is 1. The molecule has 1 aliphatic heterocycles. The Morgan fingerprint density at radius 3 is 2.61 bits per heavy atom. The van der Waals surface area contributed by atoms with E-state index in [0.717, 1.165) is 16.8 Å². The topological polar surface area (TPSA) is 67.9 Å². The maximum Gasteiger partial charge on any atom is 0.231 e. The fraction of sp³-hybridized carbons (Fsp3) is 0.364. The number of fused-ring (bicyclic) bond motifs is 1. The lowest BCUT2D eigenvalue weighted by atomic mass is 10.0. The highest BCUT2D eigenvalue weighted by atomic mass is 16.7. The van der Waals surface area contributed by atoms with Gasteiger partial charge in [-0.2, -0.15) is 0 Å². The molecule has 28 heavy (non-hydrogen) atoms. The molecule has 0 radical (unpaired) electrons. The summed E-state index contributed by atoms with van der Waals surface area (Å²) >= 11 is 0. The Morgan fingerprint density at radius 2 is 1.86 bits per heavy atom. The van der Waals surface area contributed by atoms with Gasteiger partial charge in [-0.1, -0.05) is 38.1 Å². The first-order chi connectivity index (χ1) is 13.4. The van der Waals surface area contributed by atoms with Crippen molar-refractivity contribution in [2.24, 2.45) is 0 Å². The molecule has 2 aromatic rings. The van der Waals surface area contributed by atoms with Gasteiger partial charge in [0.1, 0.15) is 0 Å². The Bertz CT molecular complexity index is 863. The minimum absolute atomic E-state index is 0.0759. The van der Waals surface area contributed by atoms with Crippen molar-refractivity contribution >= 4 is 17.5 Å². The normalized spacial score (nSPS) is 12.1. The molecular formula is C22H26N2O4. The zero-order chi connectivity index (χ0) is 20.1. The molecule has 0 spiro atoms. The third-order valence-electron chi connectivity index (χ3n) is 4.72. The van der Waals surface area contributed by atoms with Crippen LogP contribution >= 0.6 is 0 Å². The summed E-state index contributed by atoms with van der Waals surface area (Å²) in [6.45, 7) is 6.68. The van der Waals surface area contributed by atoms with Crippen LogP contribution in [0.25, 0.3) is 0 Å². The third kappa shape index (κ3) is 4.82. The summed E-state index contributed by atoms with van der Waals surface area (Å²) in [5.41, 5.74) is 2.86. The lowest BCUT2D eigenvalue weighted by molar-refractivity contribution is -0.129. The van der Waals surface area contributed by atoms with Crippen LogP contribution < -0.4 is 14.8 Å². The molecule has 3 rings (SSSR count). The molecule has 0 saturated carbocycles. The number of rotatable bonds is 7. The Hall–Kier alpha value is -3.02. The van der Waals surface area contributed by atoms with Gasteiger partial charge in [0.15, 0.2) is 11.5 Å². The zero-order valence-corrected chi connectivity index (χ0v) is 16.5. The highest BCUT2D eigenvalue weighted by Gasteiger charge is 2.17. The SMILES string of the molecule is CC(=O)N(CCC(=O)Nc1ccccc1C(C)C)Cc1ccc2c(c1)OCO2. The van der Waals surface area contributed by atoms with Gasteiger partial charge in [0.2, 0.25) is 18.6 Å². The van der Waals surface area contributed by atoms with E-state index in [0.29, 0.717) is 30.5 Å². The van der Waals surface area contributed by atoms with Gasteiger partial charge in [-0.3, -0.25) is 9.59 Å². The first kappa shape index (κ1) is 19.7. The van der Waals surface area contributed by atoms with Crippen molar-refractivity contribution in [1.29, 1.82) is 0 Å². The van der Waals surface area contributed by atoms with Crippen LogP contribution in [0.2, 0.25) is 0 Å². The molecule has 2 aromatic carbocycles. The molecule has 0 bridgehead atoms. The van der Waals surface area contributed by atoms with E-state index in [-0.39, 0.29) is 25.0 Å². The van der Waals surface area contributed by atoms with Crippen LogP contribution in [0.15, 0.2) is 42.5 Å². The number of benzene rings is 2. The van der Waals surface area contributed by atoms with Crippen LogP contribution in [0.5, 0.6) is 11.5 Å². The lowest BCUT2D eigenvalue weighted by Gasteiger charge is -2.21. The molecule has 1 heterocycles. The van der Waals surface area contributed by atoms with Crippen LogP contribution in [0.1, 0.15) is 44.2 Å². The number of ether oxygens (including phenoxy) is 2. The summed E-state index contributed by atoms with van der Waals surface area (Å²) in [5, 5.41) is 2.97. The fourth-order valence-corrected chi connectivity index (χ4v) is 3.17. The number of anilines is 1. The first-order valence-corrected chi connectivity index (χ1v) is 9.47. The van der Waals surface area contributed by atoms with Crippen molar-refractivity contribution < 1.29 is 19.1 Å². The zero-order valence-electron chi connectivity index (χ0n) is 16.5. The molecule has 1 aliphatic rings. The Kier molecular flexibility index (Phi) is 6.19. The van der Waals surface area contributed by atoms with Crippen LogP contribution in [0, 0.1) is 0 Å². The fourth-order valence-electron chi connectivity index (χ4n) is 3.17. The first-order valence-electron chi connectivity index (χ1n) is 9.47. The monoisotopic (exact) mass is 382 g/mol.